The van der Waals surface area contributed by atoms with E-state index in [2.05, 4.69) is 15.2 Å². The molecule has 21 heavy (non-hydrogen) atoms. The van der Waals surface area contributed by atoms with Gasteiger partial charge in [-0.05, 0) is 6.92 Å². The number of esters is 1. The summed E-state index contributed by atoms with van der Waals surface area (Å²) in [6, 6.07) is 0. The molecule has 9 heteroatoms. The van der Waals surface area contributed by atoms with E-state index >= 15 is 0 Å². The highest BCUT2D eigenvalue weighted by Crippen LogP contribution is 2.18. The molecule has 1 aromatic rings. The molecule has 1 heterocycles. The summed E-state index contributed by atoms with van der Waals surface area (Å²) in [5.74, 6) is -1.14. The number of nitrogens with one attached hydrogen (secondary N) is 1. The summed E-state index contributed by atoms with van der Waals surface area (Å²) >= 11 is 0. The maximum atomic E-state index is 12.2. The Morgan fingerprint density at radius 3 is 2.71 bits per heavy atom. The quantitative estimate of drug-likeness (QED) is 0.655. The number of ether oxygens (including phenoxy) is 1. The molecule has 0 aliphatic heterocycles. The largest absolute Gasteiger partial charge is 0.466 e. The van der Waals surface area contributed by atoms with Gasteiger partial charge in [-0.1, -0.05) is 6.08 Å². The number of aryl methyl sites for hydroxylation is 1. The standard InChI is InChI=1S/C12H14F3N3O3/c1-8-9(6-18(17-8)7-12(13,14)15)11(20)16-5-3-4-10(19)21-2/h3-4,6H,5,7H2,1-2H3,(H,16,20)/b4-3+. The van der Waals surface area contributed by atoms with E-state index < -0.39 is 24.6 Å². The van der Waals surface area contributed by atoms with Gasteiger partial charge in [-0.3, -0.25) is 9.48 Å². The molecule has 0 spiro atoms. The summed E-state index contributed by atoms with van der Waals surface area (Å²) in [7, 11) is 1.21. The zero-order chi connectivity index (χ0) is 16.0. The minimum atomic E-state index is -4.41. The van der Waals surface area contributed by atoms with E-state index in [1.807, 2.05) is 0 Å². The number of halogens is 3. The molecule has 0 bridgehead atoms. The molecule has 116 valence electrons. The van der Waals surface area contributed by atoms with E-state index in [4.69, 9.17) is 0 Å². The van der Waals surface area contributed by atoms with Gasteiger partial charge in [-0.15, -0.1) is 0 Å². The van der Waals surface area contributed by atoms with Gasteiger partial charge in [0.15, 0.2) is 0 Å². The third kappa shape index (κ3) is 5.67. The van der Waals surface area contributed by atoms with Crippen LogP contribution in [0.3, 0.4) is 0 Å². The third-order valence-corrected chi connectivity index (χ3v) is 2.37. The Labute approximate surface area is 118 Å². The van der Waals surface area contributed by atoms with Crippen molar-refractivity contribution in [2.75, 3.05) is 13.7 Å². The van der Waals surface area contributed by atoms with Crippen LogP contribution in [0.5, 0.6) is 0 Å². The Bertz CT molecular complexity index is 550. The smallest absolute Gasteiger partial charge is 0.408 e. The molecule has 0 aliphatic carbocycles. The number of carbonyl (C=O) groups excluding carboxylic acids is 2. The molecule has 0 atom stereocenters. The highest BCUT2D eigenvalue weighted by Gasteiger charge is 2.29. The molecular formula is C12H14F3N3O3. The Hall–Kier alpha value is -2.32. The fourth-order valence-corrected chi connectivity index (χ4v) is 1.48. The third-order valence-electron chi connectivity index (χ3n) is 2.37. The van der Waals surface area contributed by atoms with Crippen molar-refractivity contribution in [1.29, 1.82) is 0 Å². The molecule has 0 aromatic carbocycles. The number of hydrogen-bond acceptors (Lipinski definition) is 4. The van der Waals surface area contributed by atoms with Crippen LogP contribution < -0.4 is 5.32 Å². The molecule has 6 nitrogen and oxygen atoms in total. The summed E-state index contributed by atoms with van der Waals surface area (Å²) < 4.78 is 41.7. The van der Waals surface area contributed by atoms with Crippen LogP contribution in [0.1, 0.15) is 16.1 Å². The van der Waals surface area contributed by atoms with Crippen molar-refractivity contribution >= 4 is 11.9 Å². The van der Waals surface area contributed by atoms with Gasteiger partial charge in [0.1, 0.15) is 6.54 Å². The van der Waals surface area contributed by atoms with Crippen LogP contribution in [0.25, 0.3) is 0 Å². The summed E-state index contributed by atoms with van der Waals surface area (Å²) in [6.07, 6.45) is -0.892. The first-order valence-corrected chi connectivity index (χ1v) is 5.86. The number of aromatic nitrogens is 2. The zero-order valence-corrected chi connectivity index (χ0v) is 11.4. The van der Waals surface area contributed by atoms with E-state index in [-0.39, 0.29) is 17.8 Å². The maximum absolute atomic E-state index is 12.2. The second kappa shape index (κ2) is 6.91. The second-order valence-corrected chi connectivity index (χ2v) is 4.08. The molecule has 1 aromatic heterocycles. The minimum Gasteiger partial charge on any atom is -0.466 e. The van der Waals surface area contributed by atoms with Gasteiger partial charge in [0, 0.05) is 18.8 Å². The summed E-state index contributed by atoms with van der Waals surface area (Å²) in [6.45, 7) is 0.216. The topological polar surface area (TPSA) is 73.2 Å². The average Bonchev–Trinajstić information content (AvgIpc) is 2.72. The molecule has 1 amide bonds. The fraction of sp³-hybridized carbons (Fsp3) is 0.417. The van der Waals surface area contributed by atoms with Crippen LogP contribution in [-0.4, -0.2) is 41.5 Å². The van der Waals surface area contributed by atoms with Crippen LogP contribution in [-0.2, 0) is 16.1 Å². The summed E-state index contributed by atoms with van der Waals surface area (Å²) in [5, 5.41) is 6.06. The molecule has 0 fully saturated rings. The van der Waals surface area contributed by atoms with Crippen molar-refractivity contribution in [1.82, 2.24) is 15.1 Å². The first-order valence-electron chi connectivity index (χ1n) is 5.86. The van der Waals surface area contributed by atoms with Crippen LogP contribution in [0.15, 0.2) is 18.3 Å². The molecule has 0 saturated carbocycles. The Morgan fingerprint density at radius 2 is 2.14 bits per heavy atom. The highest BCUT2D eigenvalue weighted by atomic mass is 19.4. The molecular weight excluding hydrogens is 291 g/mol. The number of nitrogens with zero attached hydrogens (tertiary/aromatic N) is 2. The lowest BCUT2D eigenvalue weighted by atomic mass is 10.2. The van der Waals surface area contributed by atoms with Crippen molar-refractivity contribution < 1.29 is 27.5 Å². The van der Waals surface area contributed by atoms with E-state index in [9.17, 15) is 22.8 Å². The SMILES string of the molecule is COC(=O)/C=C/CNC(=O)c1cn(CC(F)(F)F)nc1C. The Kier molecular flexibility index (Phi) is 5.51. The van der Waals surface area contributed by atoms with Crippen LogP contribution in [0.2, 0.25) is 0 Å². The van der Waals surface area contributed by atoms with Gasteiger partial charge in [0.05, 0.1) is 18.4 Å². The predicted octanol–water partition coefficient (Wildman–Crippen LogP) is 1.21. The first-order chi connectivity index (χ1) is 9.73. The number of alkyl halides is 3. The molecule has 1 rings (SSSR count). The van der Waals surface area contributed by atoms with Crippen molar-refractivity contribution in [3.05, 3.63) is 29.6 Å². The van der Waals surface area contributed by atoms with Crippen LogP contribution in [0, 0.1) is 6.92 Å². The minimum absolute atomic E-state index is 0.0395. The van der Waals surface area contributed by atoms with Crippen molar-refractivity contribution in [3.8, 4) is 0 Å². The van der Waals surface area contributed by atoms with E-state index in [1.54, 1.807) is 0 Å². The predicted molar refractivity (Wildman–Crippen MR) is 66.5 cm³/mol. The van der Waals surface area contributed by atoms with E-state index in [0.717, 1.165) is 12.3 Å². The van der Waals surface area contributed by atoms with Crippen molar-refractivity contribution in [2.24, 2.45) is 0 Å². The Morgan fingerprint density at radius 1 is 1.48 bits per heavy atom. The van der Waals surface area contributed by atoms with Crippen molar-refractivity contribution in [2.45, 2.75) is 19.6 Å². The monoisotopic (exact) mass is 305 g/mol. The molecule has 0 radical (unpaired) electrons. The van der Waals surface area contributed by atoms with Gasteiger partial charge in [-0.25, -0.2) is 4.79 Å². The Balaban J connectivity index is 2.62. The number of hydrogen-bond donors (Lipinski definition) is 1. The number of amides is 1. The number of carbonyl (C=O) groups is 2. The number of methoxy groups -OCH3 is 1. The van der Waals surface area contributed by atoms with Gasteiger partial charge in [-0.2, -0.15) is 18.3 Å². The lowest BCUT2D eigenvalue weighted by Gasteiger charge is -2.05. The summed E-state index contributed by atoms with van der Waals surface area (Å²) in [5.41, 5.74) is 0.236. The van der Waals surface area contributed by atoms with Crippen LogP contribution in [0.4, 0.5) is 13.2 Å². The van der Waals surface area contributed by atoms with Gasteiger partial charge >= 0.3 is 12.1 Å². The first kappa shape index (κ1) is 16.7. The molecule has 0 saturated heterocycles. The highest BCUT2D eigenvalue weighted by molar-refractivity contribution is 5.95. The lowest BCUT2D eigenvalue weighted by Crippen LogP contribution is -2.24. The lowest BCUT2D eigenvalue weighted by molar-refractivity contribution is -0.142. The van der Waals surface area contributed by atoms with Gasteiger partial charge in [0.2, 0.25) is 0 Å². The molecule has 0 unspecified atom stereocenters. The van der Waals surface area contributed by atoms with Crippen LogP contribution >= 0.6 is 0 Å². The fourth-order valence-electron chi connectivity index (χ4n) is 1.48. The normalized spacial score (nSPS) is 11.7. The molecule has 0 aliphatic rings. The summed E-state index contributed by atoms with van der Waals surface area (Å²) in [4.78, 5) is 22.5. The average molecular weight is 305 g/mol. The van der Waals surface area contributed by atoms with E-state index in [1.165, 1.54) is 20.1 Å². The zero-order valence-electron chi connectivity index (χ0n) is 11.4. The van der Waals surface area contributed by atoms with Gasteiger partial charge < -0.3 is 10.1 Å². The van der Waals surface area contributed by atoms with Crippen molar-refractivity contribution in [3.63, 3.8) is 0 Å². The second-order valence-electron chi connectivity index (χ2n) is 4.08. The maximum Gasteiger partial charge on any atom is 0.408 e. The molecule has 1 N–H and O–H groups in total. The number of rotatable bonds is 5. The van der Waals surface area contributed by atoms with E-state index in [0.29, 0.717) is 4.68 Å². The van der Waals surface area contributed by atoms with Gasteiger partial charge in [0.25, 0.3) is 5.91 Å².